The topological polar surface area (TPSA) is 686 Å². The van der Waals surface area contributed by atoms with Crippen LogP contribution in [-0.4, -0.2) is 339 Å². The Labute approximate surface area is 598 Å². The summed E-state index contributed by atoms with van der Waals surface area (Å²) in [5, 5.41) is 168. The number of aliphatic carboxylic acids is 1. The first-order valence-corrected chi connectivity index (χ1v) is 34.4. The molecule has 6 aliphatic rings. The number of carbonyl (C=O) groups excluding carboxylic acids is 6. The first-order valence-electron chi connectivity index (χ1n) is 32.9. The number of aliphatic hydroxyl groups excluding tert-OH is 14. The molecule has 30 atom stereocenters. The minimum absolute atomic E-state index is 0.0962. The lowest BCUT2D eigenvalue weighted by atomic mass is 9.80. The van der Waals surface area contributed by atoms with E-state index >= 15 is 0 Å². The molecule has 6 fully saturated rings. The van der Waals surface area contributed by atoms with Crippen molar-refractivity contribution in [2.24, 2.45) is 5.92 Å². The normalized spacial score (nSPS) is 37.3. The van der Waals surface area contributed by atoms with Crippen molar-refractivity contribution < 1.29 is 186 Å². The van der Waals surface area contributed by atoms with E-state index in [0.29, 0.717) is 5.56 Å². The van der Waals surface area contributed by atoms with Gasteiger partial charge in [0.25, 0.3) is 24.6 Å². The number of phosphoric ester groups is 1. The summed E-state index contributed by atoms with van der Waals surface area (Å²) in [6.07, 6.45) is -47.5. The lowest BCUT2D eigenvalue weighted by Gasteiger charge is -2.48. The Morgan fingerprint density at radius 3 is 1.93 bits per heavy atom. The molecule has 6 saturated heterocycles. The predicted molar refractivity (Wildman–Crippen MR) is 335 cm³/mol. The maximum atomic E-state index is 13.5. The van der Waals surface area contributed by atoms with Crippen molar-refractivity contribution in [1.82, 2.24) is 25.5 Å². The monoisotopic (exact) mass is 1550 g/mol. The van der Waals surface area contributed by atoms with Crippen LogP contribution in [0.2, 0.25) is 0 Å². The molecular formula is C60H87N6O39P. The Hall–Kier alpha value is -6.46. The third-order valence-electron chi connectivity index (χ3n) is 18.0. The summed E-state index contributed by atoms with van der Waals surface area (Å²) in [5.41, 5.74) is 5.24. The molecule has 0 aliphatic carbocycles. The minimum Gasteiger partial charge on any atom is -0.477 e. The van der Waals surface area contributed by atoms with Crippen molar-refractivity contribution in [3.63, 3.8) is 0 Å². The van der Waals surface area contributed by atoms with Gasteiger partial charge in [0.15, 0.2) is 43.6 Å². The molecular weight excluding hydrogens is 1460 g/mol. The van der Waals surface area contributed by atoms with Crippen LogP contribution in [0, 0.1) is 5.92 Å². The quantitative estimate of drug-likeness (QED) is 0.0173. The number of carboxylic acid groups (broad SMARTS) is 1. The molecule has 2 aromatic rings. The second kappa shape index (κ2) is 37.8. The molecule has 1 aromatic carbocycles. The number of ether oxygens (including phenoxy) is 12. The van der Waals surface area contributed by atoms with Gasteiger partial charge in [-0.05, 0) is 36.6 Å². The zero-order chi connectivity index (χ0) is 77.8. The van der Waals surface area contributed by atoms with Gasteiger partial charge < -0.3 is 160 Å². The van der Waals surface area contributed by atoms with E-state index in [4.69, 9.17) is 71.6 Å². The van der Waals surface area contributed by atoms with Crippen LogP contribution < -0.4 is 27.4 Å². The Morgan fingerprint density at radius 1 is 0.736 bits per heavy atom. The number of nitrogens with two attached hydrogens (primary N) is 1. The second-order valence-corrected chi connectivity index (χ2v) is 26.8. The van der Waals surface area contributed by atoms with E-state index in [-0.39, 0.29) is 50.1 Å². The SMILES string of the molecule is CC(=O)NC1C[C@H](O[C@@H]2OC(OC=O)[C@@H](O[C@H]3OC(CO)[C@@H](O)[C@H](O)C3NC(C)=O)[C@H](O)C2O)C(CO)O[C@@H]1O[C@@H]1C(OC=O)O[C@@H](OCCNC(=O)c2ccc(CCCC(=O)C[C@H]3C([C@H](O)[C@H](O)CO)O[C@](OP(=O)(O)OC[C@H]4O[C@@H](n5ccc(N)nc5=O)C(O)[C@H]4O)(C(=O)O)C[C@H]3O)cc2)C(O)[C@H]1O. The van der Waals surface area contributed by atoms with Gasteiger partial charge in [-0.15, -0.1) is 0 Å². The molecule has 0 spiro atoms. The Bertz CT molecular complexity index is 3390. The number of carbonyl (C=O) groups is 7. The van der Waals surface area contributed by atoms with E-state index in [1.165, 1.54) is 18.2 Å². The van der Waals surface area contributed by atoms with Gasteiger partial charge in [-0.1, -0.05) is 12.1 Å². The van der Waals surface area contributed by atoms with Crippen LogP contribution >= 0.6 is 7.82 Å². The molecule has 0 saturated carbocycles. The summed E-state index contributed by atoms with van der Waals surface area (Å²) in [6.45, 7) is -2.77. The van der Waals surface area contributed by atoms with Crippen LogP contribution in [0.25, 0.3) is 0 Å². The number of amides is 3. The number of hydrogen-bond donors (Lipinski definition) is 20. The molecule has 45 nitrogen and oxygen atoms in total. The fraction of sp³-hybridized carbons (Fsp3) is 0.717. The average Bonchev–Trinajstić information content (AvgIpc) is 0.942. The molecule has 6 aliphatic heterocycles. The van der Waals surface area contributed by atoms with Gasteiger partial charge in [0.1, 0.15) is 97.0 Å². The zero-order valence-corrected chi connectivity index (χ0v) is 57.1. The number of aromatic nitrogens is 2. The molecule has 0 radical (unpaired) electrons. The maximum absolute atomic E-state index is 13.5. The van der Waals surface area contributed by atoms with E-state index < -0.39 is 273 Å². The van der Waals surface area contributed by atoms with Crippen LogP contribution in [0.3, 0.4) is 0 Å². The number of Topliss-reactive ketones (excluding diaryl/α,β-unsaturated/α-hetero) is 1. The number of ketones is 1. The lowest BCUT2D eigenvalue weighted by molar-refractivity contribution is -0.391. The van der Waals surface area contributed by atoms with Crippen molar-refractivity contribution in [2.75, 3.05) is 45.3 Å². The minimum atomic E-state index is -5.70. The van der Waals surface area contributed by atoms with Gasteiger partial charge in [0.2, 0.25) is 24.4 Å². The first kappa shape index (κ1) is 85.2. The number of nitrogens with one attached hydrogen (secondary N) is 3. The molecule has 0 bridgehead atoms. The Balaban J connectivity index is 0.797. The number of rotatable bonds is 35. The van der Waals surface area contributed by atoms with Gasteiger partial charge >= 0.3 is 19.5 Å². The van der Waals surface area contributed by atoms with Gasteiger partial charge in [-0.3, -0.25) is 37.9 Å². The van der Waals surface area contributed by atoms with Crippen LogP contribution in [0.4, 0.5) is 5.82 Å². The molecule has 596 valence electrons. The largest absolute Gasteiger partial charge is 0.477 e. The molecule has 1 aromatic heterocycles. The summed E-state index contributed by atoms with van der Waals surface area (Å²) >= 11 is 0. The number of aliphatic hydroxyl groups is 14. The highest BCUT2D eigenvalue weighted by Gasteiger charge is 2.60. The standard InChI is InChI=1S/C60H87N6O39P/c1-23(72)63-29-15-32(97-55-46(85)43(82)49(57(103-55)94-22-71)101-53-37(64-24(2)73)41(80)39(78)34(19-69)99-53)33(18-68)98-52(29)100-48-42(81)45(84)54(102-56(48)93-21-70)92-13-11-62-50(86)26-8-6-25(7-9-26)4-3-5-27(74)14-28-30(75)16-60(58(87)88,104-47(28)38(77)31(76)17-67)105-106(90,91)95-20-35-40(79)44(83)51(96-35)66-12-10-36(61)65-59(66)89/h6-10,12,21-22,28-35,37-49,51-57,67-69,75-85H,3-5,11,13-20H2,1-2H3,(H,62,86)(H,63,72)(H,64,73)(H,87,88)(H,90,91)(H2,61,65,89)/t28-,29?,30-,31-,32+,33?,34?,35-,37?,38-,39-,40+,41-,42-,43-,44?,45?,46?,47?,48+,49+,51-,52-,53-,54-,55-,56?,57?,60-/m1/s1. The number of anilines is 1. The van der Waals surface area contributed by atoms with Crippen LogP contribution in [0.5, 0.6) is 0 Å². The highest BCUT2D eigenvalue weighted by atomic mass is 31.2. The van der Waals surface area contributed by atoms with Crippen molar-refractivity contribution >= 4 is 56.1 Å². The highest BCUT2D eigenvalue weighted by Crippen LogP contribution is 2.52. The third kappa shape index (κ3) is 20.7. The number of phosphoric acid groups is 1. The van der Waals surface area contributed by atoms with Gasteiger partial charge in [0, 0.05) is 63.8 Å². The second-order valence-electron chi connectivity index (χ2n) is 25.4. The number of nitrogen functional groups attached to an aromatic ring is 1. The third-order valence-corrected chi connectivity index (χ3v) is 19.0. The number of aryl methyl sites for hydroxylation is 1. The number of hydrogen-bond acceptors (Lipinski definition) is 39. The summed E-state index contributed by atoms with van der Waals surface area (Å²) in [6, 6.07) is 4.27. The zero-order valence-electron chi connectivity index (χ0n) is 56.2. The van der Waals surface area contributed by atoms with Crippen LogP contribution in [-0.2, 0) is 106 Å². The lowest BCUT2D eigenvalue weighted by Crippen LogP contribution is -2.68. The van der Waals surface area contributed by atoms with Gasteiger partial charge in [0.05, 0.1) is 57.4 Å². The number of nitrogens with zero attached hydrogens (tertiary/aromatic N) is 2. The molecule has 7 heterocycles. The summed E-state index contributed by atoms with van der Waals surface area (Å²) in [4.78, 5) is 114. The van der Waals surface area contributed by atoms with Crippen molar-refractivity contribution in [3.8, 4) is 0 Å². The van der Waals surface area contributed by atoms with Gasteiger partial charge in [-0.25, -0.2) is 18.7 Å². The van der Waals surface area contributed by atoms with Crippen molar-refractivity contribution in [3.05, 3.63) is 58.1 Å². The number of carboxylic acids is 1. The summed E-state index contributed by atoms with van der Waals surface area (Å²) in [5.74, 6) is -9.91. The molecule has 8 rings (SSSR count). The van der Waals surface area contributed by atoms with Crippen LogP contribution in [0.1, 0.15) is 68.1 Å². The Morgan fingerprint density at radius 2 is 1.34 bits per heavy atom. The van der Waals surface area contributed by atoms with Crippen LogP contribution in [0.15, 0.2) is 41.3 Å². The summed E-state index contributed by atoms with van der Waals surface area (Å²) < 4.78 is 91.1. The molecule has 106 heavy (non-hydrogen) atoms. The maximum Gasteiger partial charge on any atom is 0.475 e. The first-order chi connectivity index (χ1) is 50.2. The van der Waals surface area contributed by atoms with Crippen molar-refractivity contribution in [1.29, 1.82) is 0 Å². The molecule has 11 unspecified atom stereocenters. The average molecular weight is 1550 g/mol. The molecule has 46 heteroatoms. The summed E-state index contributed by atoms with van der Waals surface area (Å²) in [7, 11) is -5.70. The fourth-order valence-electron chi connectivity index (χ4n) is 12.6. The van der Waals surface area contributed by atoms with E-state index in [2.05, 4.69) is 20.9 Å². The smallest absolute Gasteiger partial charge is 0.475 e. The van der Waals surface area contributed by atoms with Gasteiger partial charge in [-0.2, -0.15) is 4.98 Å². The van der Waals surface area contributed by atoms with E-state index in [0.717, 1.165) is 24.6 Å². The Kier molecular flexibility index (Phi) is 30.3. The van der Waals surface area contributed by atoms with Crippen molar-refractivity contribution in [2.45, 2.75) is 224 Å². The number of benzene rings is 1. The predicted octanol–water partition coefficient (Wildman–Crippen LogP) is -10.6. The highest BCUT2D eigenvalue weighted by molar-refractivity contribution is 7.47. The molecule has 3 amide bonds. The fourth-order valence-corrected chi connectivity index (χ4v) is 13.5. The van der Waals surface area contributed by atoms with E-state index in [1.807, 2.05) is 0 Å². The van der Waals surface area contributed by atoms with E-state index in [1.54, 1.807) is 12.1 Å². The van der Waals surface area contributed by atoms with E-state index in [9.17, 15) is 124 Å². The molecule has 21 N–H and O–H groups in total.